The van der Waals surface area contributed by atoms with Gasteiger partial charge in [0.1, 0.15) is 23.1 Å². The molecule has 7 heteroatoms. The summed E-state index contributed by atoms with van der Waals surface area (Å²) in [6, 6.07) is 20.5. The summed E-state index contributed by atoms with van der Waals surface area (Å²) in [5.74, 6) is 2.02. The summed E-state index contributed by atoms with van der Waals surface area (Å²) >= 11 is 0. The van der Waals surface area contributed by atoms with E-state index in [4.69, 9.17) is 14.2 Å². The molecule has 1 N–H and O–H groups in total. The molecule has 0 bridgehead atoms. The number of hydrogen-bond donors (Lipinski definition) is 1. The Balaban J connectivity index is 1.93. The molecule has 0 unspecified atom stereocenters. The van der Waals surface area contributed by atoms with Crippen molar-refractivity contribution < 1.29 is 19.0 Å². The highest BCUT2D eigenvalue weighted by Crippen LogP contribution is 2.35. The van der Waals surface area contributed by atoms with Gasteiger partial charge >= 0.3 is 6.09 Å². The maximum atomic E-state index is 13.5. The third kappa shape index (κ3) is 6.54. The number of ether oxygens (including phenoxy) is 3. The van der Waals surface area contributed by atoms with Crippen molar-refractivity contribution in [2.75, 3.05) is 24.4 Å². The molecule has 0 aliphatic rings. The van der Waals surface area contributed by atoms with E-state index < -0.39 is 6.09 Å². The Morgan fingerprint density at radius 3 is 2.31 bits per heavy atom. The number of benzene rings is 3. The topological polar surface area (TPSA) is 72.4 Å². The van der Waals surface area contributed by atoms with E-state index in [2.05, 4.69) is 16.9 Å². The van der Waals surface area contributed by atoms with Gasteiger partial charge in [-0.05, 0) is 62.2 Å². The Bertz CT molecular complexity index is 1260. The average Bonchev–Trinajstić information content (AvgIpc) is 2.87. The lowest BCUT2D eigenvalue weighted by Gasteiger charge is -2.25. The zero-order valence-corrected chi connectivity index (χ0v) is 21.2. The van der Waals surface area contributed by atoms with Gasteiger partial charge in [-0.25, -0.2) is 14.7 Å². The van der Waals surface area contributed by atoms with Gasteiger partial charge in [-0.15, -0.1) is 0 Å². The predicted molar refractivity (Wildman–Crippen MR) is 145 cm³/mol. The summed E-state index contributed by atoms with van der Waals surface area (Å²) < 4.78 is 16.7. The second kappa shape index (κ2) is 12.3. The molecule has 0 heterocycles. The minimum Gasteiger partial charge on any atom is -0.497 e. The number of anilines is 2. The number of aliphatic imine (C=N–C) groups is 1. The lowest BCUT2D eigenvalue weighted by atomic mass is 10.1. The van der Waals surface area contributed by atoms with Gasteiger partial charge in [0.05, 0.1) is 19.9 Å². The number of carbonyl (C=O) groups is 1. The van der Waals surface area contributed by atoms with Crippen LogP contribution in [0.15, 0.2) is 95.9 Å². The molecule has 186 valence electrons. The quantitative estimate of drug-likeness (QED) is 0.334. The first kappa shape index (κ1) is 26.1. The zero-order valence-electron chi connectivity index (χ0n) is 21.2. The lowest BCUT2D eigenvalue weighted by Crippen LogP contribution is -2.32. The number of amides is 1. The number of carbonyl (C=O) groups excluding carboxylic acids is 1. The van der Waals surface area contributed by atoms with Crippen LogP contribution in [0.2, 0.25) is 0 Å². The van der Waals surface area contributed by atoms with Crippen LogP contribution in [0.4, 0.5) is 16.2 Å². The van der Waals surface area contributed by atoms with E-state index in [0.717, 1.165) is 16.8 Å². The van der Waals surface area contributed by atoms with Gasteiger partial charge in [-0.3, -0.25) is 0 Å². The van der Waals surface area contributed by atoms with Crippen molar-refractivity contribution in [3.8, 4) is 17.2 Å². The van der Waals surface area contributed by atoms with E-state index >= 15 is 0 Å². The minimum atomic E-state index is -0.584. The maximum absolute atomic E-state index is 13.5. The summed E-state index contributed by atoms with van der Waals surface area (Å²) in [5.41, 5.74) is 3.65. The van der Waals surface area contributed by atoms with Crippen molar-refractivity contribution in [1.82, 2.24) is 0 Å². The summed E-state index contributed by atoms with van der Waals surface area (Å²) in [6.07, 6.45) is 2.69. The van der Waals surface area contributed by atoms with E-state index in [1.807, 2.05) is 62.4 Å². The van der Waals surface area contributed by atoms with Gasteiger partial charge in [0.15, 0.2) is 0 Å². The molecule has 0 saturated carbocycles. The van der Waals surface area contributed by atoms with E-state index in [-0.39, 0.29) is 0 Å². The molecule has 0 aliphatic heterocycles. The van der Waals surface area contributed by atoms with Gasteiger partial charge in [0.2, 0.25) is 0 Å². The van der Waals surface area contributed by atoms with Crippen LogP contribution in [0.1, 0.15) is 18.1 Å². The number of hydrogen-bond acceptors (Lipinski definition) is 6. The first-order chi connectivity index (χ1) is 17.3. The van der Waals surface area contributed by atoms with E-state index in [0.29, 0.717) is 34.5 Å². The first-order valence-electron chi connectivity index (χ1n) is 11.4. The summed E-state index contributed by atoms with van der Waals surface area (Å²) in [6.45, 7) is 9.51. The Kier molecular flexibility index (Phi) is 8.89. The SMILES string of the molecule is C=C(/N=C\C=C(/C)N(C(=O)Oc1c(C)cccc1C)c1ccc(OC)cc1OC)Nc1ccccc1. The molecule has 0 aromatic heterocycles. The van der Waals surface area contributed by atoms with Crippen LogP contribution < -0.4 is 24.4 Å². The molecule has 1 amide bonds. The Labute approximate surface area is 212 Å². The first-order valence-corrected chi connectivity index (χ1v) is 11.4. The molecule has 0 spiro atoms. The van der Waals surface area contributed by atoms with Crippen LogP contribution >= 0.6 is 0 Å². The third-order valence-electron chi connectivity index (χ3n) is 5.37. The molecule has 0 radical (unpaired) electrons. The van der Waals surface area contributed by atoms with Gasteiger partial charge in [-0.2, -0.15) is 0 Å². The highest BCUT2D eigenvalue weighted by atomic mass is 16.6. The molecule has 0 atom stereocenters. The third-order valence-corrected chi connectivity index (χ3v) is 5.37. The number of nitrogens with zero attached hydrogens (tertiary/aromatic N) is 2. The monoisotopic (exact) mass is 485 g/mol. The fraction of sp³-hybridized carbons (Fsp3) is 0.172. The number of methoxy groups -OCH3 is 2. The molecular weight excluding hydrogens is 454 g/mol. The van der Waals surface area contributed by atoms with Crippen molar-refractivity contribution in [1.29, 1.82) is 0 Å². The van der Waals surface area contributed by atoms with Crippen molar-refractivity contribution in [3.63, 3.8) is 0 Å². The van der Waals surface area contributed by atoms with Gasteiger partial charge in [0, 0.05) is 23.7 Å². The van der Waals surface area contributed by atoms with Crippen molar-refractivity contribution in [3.05, 3.63) is 102 Å². The second-order valence-electron chi connectivity index (χ2n) is 7.99. The van der Waals surface area contributed by atoms with Crippen LogP contribution in [-0.2, 0) is 0 Å². The molecule has 7 nitrogen and oxygen atoms in total. The van der Waals surface area contributed by atoms with E-state index in [1.165, 1.54) is 12.0 Å². The smallest absolute Gasteiger partial charge is 0.424 e. The van der Waals surface area contributed by atoms with Crippen LogP contribution in [0.25, 0.3) is 0 Å². The molecule has 0 aliphatic carbocycles. The zero-order chi connectivity index (χ0) is 26.1. The van der Waals surface area contributed by atoms with Gasteiger partial charge < -0.3 is 19.5 Å². The fourth-order valence-corrected chi connectivity index (χ4v) is 3.53. The van der Waals surface area contributed by atoms with Crippen LogP contribution in [-0.4, -0.2) is 26.5 Å². The molecule has 0 fully saturated rings. The number of para-hydroxylation sites is 2. The summed E-state index contributed by atoms with van der Waals surface area (Å²) in [5, 5.41) is 3.11. The Morgan fingerprint density at radius 2 is 1.67 bits per heavy atom. The fourth-order valence-electron chi connectivity index (χ4n) is 3.53. The molecular formula is C29H31N3O4. The number of rotatable bonds is 9. The highest BCUT2D eigenvalue weighted by Gasteiger charge is 2.25. The standard InChI is InChI=1S/C29H31N3O4/c1-20-11-10-12-21(2)28(20)36-29(33)32(26-16-15-25(34-5)19-27(26)35-6)22(3)17-18-30-23(4)31-24-13-8-7-9-14-24/h7-19,31H,4H2,1-3,5-6H3/b22-17+,30-18-. The maximum Gasteiger partial charge on any atom is 0.424 e. The molecule has 3 aromatic rings. The number of allylic oxidation sites excluding steroid dienone is 2. The highest BCUT2D eigenvalue weighted by molar-refractivity contribution is 5.95. The van der Waals surface area contributed by atoms with Crippen molar-refractivity contribution in [2.24, 2.45) is 4.99 Å². The molecule has 3 aromatic carbocycles. The van der Waals surface area contributed by atoms with E-state index in [9.17, 15) is 4.79 Å². The normalized spacial score (nSPS) is 11.2. The Hall–Kier alpha value is -4.52. The van der Waals surface area contributed by atoms with Crippen molar-refractivity contribution in [2.45, 2.75) is 20.8 Å². The minimum absolute atomic E-state index is 0.452. The number of nitrogens with one attached hydrogen (secondary N) is 1. The predicted octanol–water partition coefficient (Wildman–Crippen LogP) is 6.88. The Morgan fingerprint density at radius 1 is 0.972 bits per heavy atom. The second-order valence-corrected chi connectivity index (χ2v) is 7.99. The molecule has 36 heavy (non-hydrogen) atoms. The van der Waals surface area contributed by atoms with Crippen molar-refractivity contribution >= 4 is 23.7 Å². The lowest BCUT2D eigenvalue weighted by molar-refractivity contribution is 0.208. The van der Waals surface area contributed by atoms with Crippen LogP contribution in [0.3, 0.4) is 0 Å². The number of aryl methyl sites for hydroxylation is 2. The van der Waals surface area contributed by atoms with E-state index in [1.54, 1.807) is 44.5 Å². The molecule has 0 saturated heterocycles. The van der Waals surface area contributed by atoms with Gasteiger partial charge in [-0.1, -0.05) is 43.0 Å². The summed E-state index contributed by atoms with van der Waals surface area (Å²) in [7, 11) is 3.10. The van der Waals surface area contributed by atoms with Crippen LogP contribution in [0.5, 0.6) is 17.2 Å². The average molecular weight is 486 g/mol. The summed E-state index contributed by atoms with van der Waals surface area (Å²) in [4.78, 5) is 19.3. The largest absolute Gasteiger partial charge is 0.497 e. The van der Waals surface area contributed by atoms with Gasteiger partial charge in [0.25, 0.3) is 0 Å². The van der Waals surface area contributed by atoms with Crippen LogP contribution in [0, 0.1) is 13.8 Å². The molecule has 3 rings (SSSR count).